The lowest BCUT2D eigenvalue weighted by molar-refractivity contribution is -0.149. The molecule has 1 heterocycles. The smallest absolute Gasteiger partial charge is 0.343 e. The van der Waals surface area contributed by atoms with E-state index in [2.05, 4.69) is 0 Å². The second-order valence-electron chi connectivity index (χ2n) is 5.80. The maximum Gasteiger partial charge on any atom is 0.343 e. The predicted molar refractivity (Wildman–Crippen MR) is 78.4 cm³/mol. The Morgan fingerprint density at radius 2 is 2.00 bits per heavy atom. The molecule has 0 radical (unpaired) electrons. The van der Waals surface area contributed by atoms with Crippen LogP contribution in [0, 0.1) is 0 Å². The van der Waals surface area contributed by atoms with E-state index in [1.54, 1.807) is 24.3 Å². The number of amides is 1. The van der Waals surface area contributed by atoms with Gasteiger partial charge in [0.25, 0.3) is 5.91 Å². The van der Waals surface area contributed by atoms with Crippen molar-refractivity contribution in [3.63, 3.8) is 0 Å². The van der Waals surface area contributed by atoms with E-state index in [0.29, 0.717) is 12.2 Å². The summed E-state index contributed by atoms with van der Waals surface area (Å²) in [5.41, 5.74) is -0.972. The molecule has 0 saturated carbocycles. The molecule has 120 valence electrons. The van der Waals surface area contributed by atoms with Crippen LogP contribution in [0.1, 0.15) is 36.2 Å². The first kappa shape index (κ1) is 16.4. The average molecular weight is 309 g/mol. The summed E-state index contributed by atoms with van der Waals surface area (Å²) in [5.74, 6) is -1.86. The Balaban J connectivity index is 2.00. The van der Waals surface area contributed by atoms with Crippen LogP contribution in [-0.4, -0.2) is 46.7 Å². The van der Waals surface area contributed by atoms with Gasteiger partial charge in [0.1, 0.15) is 0 Å². The van der Waals surface area contributed by atoms with Crippen LogP contribution < -0.4 is 0 Å². The molecule has 1 amide bonds. The molecular formula is C16H20FNO4. The largest absolute Gasteiger partial charge is 0.479 e. The van der Waals surface area contributed by atoms with Gasteiger partial charge in [-0.2, -0.15) is 0 Å². The zero-order chi connectivity index (χ0) is 16.3. The molecule has 1 saturated heterocycles. The molecular weight excluding hydrogens is 289 g/mol. The van der Waals surface area contributed by atoms with Crippen molar-refractivity contribution in [2.45, 2.75) is 38.6 Å². The summed E-state index contributed by atoms with van der Waals surface area (Å²) in [6.45, 7) is 4.05. The summed E-state index contributed by atoms with van der Waals surface area (Å²) in [5, 5.41) is 8.86. The second-order valence-corrected chi connectivity index (χ2v) is 5.80. The summed E-state index contributed by atoms with van der Waals surface area (Å²) in [6, 6.07) is 6.87. The summed E-state index contributed by atoms with van der Waals surface area (Å²) < 4.78 is 19.5. The molecule has 1 aromatic carbocycles. The number of ether oxygens (including phenoxy) is 1. The van der Waals surface area contributed by atoms with E-state index in [0.717, 1.165) is 5.56 Å². The Morgan fingerprint density at radius 3 is 2.50 bits per heavy atom. The third kappa shape index (κ3) is 3.62. The highest BCUT2D eigenvalue weighted by atomic mass is 19.1. The first-order chi connectivity index (χ1) is 10.3. The van der Waals surface area contributed by atoms with Gasteiger partial charge >= 0.3 is 5.97 Å². The van der Waals surface area contributed by atoms with E-state index in [1.165, 1.54) is 4.90 Å². The van der Waals surface area contributed by atoms with Gasteiger partial charge in [0.2, 0.25) is 5.67 Å². The maximum atomic E-state index is 14.0. The zero-order valence-electron chi connectivity index (χ0n) is 12.7. The van der Waals surface area contributed by atoms with Crippen LogP contribution in [0.15, 0.2) is 24.3 Å². The number of rotatable bonds is 5. The first-order valence-corrected chi connectivity index (χ1v) is 7.24. The van der Waals surface area contributed by atoms with Gasteiger partial charge in [-0.05, 0) is 31.5 Å². The minimum atomic E-state index is -2.33. The fourth-order valence-corrected chi connectivity index (χ4v) is 2.31. The quantitative estimate of drug-likeness (QED) is 0.906. The molecule has 2 rings (SSSR count). The molecule has 1 fully saturated rings. The number of aliphatic carboxylic acids is 1. The fraction of sp³-hybridized carbons (Fsp3) is 0.500. The van der Waals surface area contributed by atoms with Gasteiger partial charge in [-0.15, -0.1) is 0 Å². The van der Waals surface area contributed by atoms with E-state index in [-0.39, 0.29) is 25.0 Å². The first-order valence-electron chi connectivity index (χ1n) is 7.24. The minimum absolute atomic E-state index is 0.111. The van der Waals surface area contributed by atoms with Crippen LogP contribution in [0.2, 0.25) is 0 Å². The highest BCUT2D eigenvalue weighted by molar-refractivity contribution is 5.95. The number of likely N-dealkylation sites (tertiary alicyclic amines) is 1. The third-order valence-electron chi connectivity index (χ3n) is 3.67. The lowest BCUT2D eigenvalue weighted by Gasteiger charge is -2.18. The molecule has 1 unspecified atom stereocenters. The van der Waals surface area contributed by atoms with Crippen molar-refractivity contribution in [3.05, 3.63) is 35.4 Å². The van der Waals surface area contributed by atoms with Crippen LogP contribution in [0.25, 0.3) is 0 Å². The molecule has 0 aliphatic carbocycles. The molecule has 22 heavy (non-hydrogen) atoms. The van der Waals surface area contributed by atoms with Crippen LogP contribution in [-0.2, 0) is 16.1 Å². The van der Waals surface area contributed by atoms with Crippen molar-refractivity contribution in [2.24, 2.45) is 0 Å². The highest BCUT2D eigenvalue weighted by Gasteiger charge is 2.46. The van der Waals surface area contributed by atoms with Crippen molar-refractivity contribution >= 4 is 11.9 Å². The molecule has 6 heteroatoms. The van der Waals surface area contributed by atoms with Crippen molar-refractivity contribution in [1.29, 1.82) is 0 Å². The zero-order valence-corrected chi connectivity index (χ0v) is 12.7. The number of carbonyl (C=O) groups excluding carboxylic acids is 1. The number of hydrogen-bond donors (Lipinski definition) is 1. The number of carboxylic acids is 1. The Morgan fingerprint density at radius 1 is 1.36 bits per heavy atom. The van der Waals surface area contributed by atoms with Crippen molar-refractivity contribution in [2.75, 3.05) is 13.1 Å². The Hall–Kier alpha value is -1.95. The highest BCUT2D eigenvalue weighted by Crippen LogP contribution is 2.27. The van der Waals surface area contributed by atoms with Crippen molar-refractivity contribution < 1.29 is 23.8 Å². The summed E-state index contributed by atoms with van der Waals surface area (Å²) in [4.78, 5) is 24.4. The monoisotopic (exact) mass is 309 g/mol. The molecule has 0 aromatic heterocycles. The van der Waals surface area contributed by atoms with Crippen molar-refractivity contribution in [1.82, 2.24) is 4.90 Å². The van der Waals surface area contributed by atoms with Gasteiger partial charge in [-0.1, -0.05) is 12.1 Å². The molecule has 1 aliphatic heterocycles. The number of carboxylic acid groups (broad SMARTS) is 1. The Kier molecular flexibility index (Phi) is 4.81. The molecule has 1 aliphatic rings. The number of halogens is 1. The molecule has 5 nitrogen and oxygen atoms in total. The van der Waals surface area contributed by atoms with Gasteiger partial charge in [-0.25, -0.2) is 9.18 Å². The van der Waals surface area contributed by atoms with Crippen LogP contribution in [0.3, 0.4) is 0 Å². The van der Waals surface area contributed by atoms with Crippen LogP contribution in [0.4, 0.5) is 4.39 Å². The standard InChI is InChI=1S/C16H20FNO4/c1-11(2)22-9-12-3-5-13(6-4-12)14(19)18-8-7-16(17,10-18)15(20)21/h3-6,11H,7-10H2,1-2H3,(H,20,21). The average Bonchev–Trinajstić information content (AvgIpc) is 2.89. The molecule has 0 bridgehead atoms. The maximum absolute atomic E-state index is 14.0. The number of carbonyl (C=O) groups is 2. The van der Waals surface area contributed by atoms with E-state index < -0.39 is 18.2 Å². The summed E-state index contributed by atoms with van der Waals surface area (Å²) in [7, 11) is 0. The van der Waals surface area contributed by atoms with E-state index in [1.807, 2.05) is 13.8 Å². The number of nitrogens with zero attached hydrogens (tertiary/aromatic N) is 1. The van der Waals surface area contributed by atoms with E-state index in [4.69, 9.17) is 9.84 Å². The lowest BCUT2D eigenvalue weighted by Crippen LogP contribution is -2.38. The topological polar surface area (TPSA) is 66.8 Å². The molecule has 1 aromatic rings. The summed E-state index contributed by atoms with van der Waals surface area (Å²) in [6.07, 6.45) is -0.0476. The second kappa shape index (κ2) is 6.44. The number of hydrogen-bond acceptors (Lipinski definition) is 3. The van der Waals surface area contributed by atoms with E-state index >= 15 is 0 Å². The number of alkyl halides is 1. The summed E-state index contributed by atoms with van der Waals surface area (Å²) >= 11 is 0. The molecule has 1 atom stereocenters. The van der Waals surface area contributed by atoms with Gasteiger partial charge in [0.15, 0.2) is 0 Å². The minimum Gasteiger partial charge on any atom is -0.479 e. The SMILES string of the molecule is CC(C)OCc1ccc(C(=O)N2CCC(F)(C(=O)O)C2)cc1. The Labute approximate surface area is 128 Å². The van der Waals surface area contributed by atoms with Crippen molar-refractivity contribution in [3.8, 4) is 0 Å². The molecule has 1 N–H and O–H groups in total. The van der Waals surface area contributed by atoms with Gasteiger partial charge in [0.05, 0.1) is 19.3 Å². The molecule has 0 spiro atoms. The van der Waals surface area contributed by atoms with Gasteiger partial charge in [0, 0.05) is 18.5 Å². The predicted octanol–water partition coefficient (Wildman–Crippen LogP) is 2.25. The normalized spacial score (nSPS) is 21.4. The third-order valence-corrected chi connectivity index (χ3v) is 3.67. The fourth-order valence-electron chi connectivity index (χ4n) is 2.31. The van der Waals surface area contributed by atoms with Crippen LogP contribution in [0.5, 0.6) is 0 Å². The van der Waals surface area contributed by atoms with Gasteiger partial charge < -0.3 is 14.7 Å². The van der Waals surface area contributed by atoms with Gasteiger partial charge in [-0.3, -0.25) is 4.79 Å². The van der Waals surface area contributed by atoms with Crippen LogP contribution >= 0.6 is 0 Å². The van der Waals surface area contributed by atoms with E-state index in [9.17, 15) is 14.0 Å². The number of benzene rings is 1. The Bertz CT molecular complexity index is 558. The lowest BCUT2D eigenvalue weighted by atomic mass is 10.1.